The van der Waals surface area contributed by atoms with Crippen LogP contribution in [-0.4, -0.2) is 40.5 Å². The third-order valence-corrected chi connectivity index (χ3v) is 6.01. The number of aromatic nitrogens is 1. The fourth-order valence-corrected chi connectivity index (χ4v) is 4.26. The van der Waals surface area contributed by atoms with Crippen molar-refractivity contribution >= 4 is 51.6 Å². The number of fused-ring (bicyclic) bond motifs is 1. The van der Waals surface area contributed by atoms with Gasteiger partial charge < -0.3 is 15.6 Å². The quantitative estimate of drug-likeness (QED) is 0.218. The lowest BCUT2D eigenvalue weighted by Gasteiger charge is -2.11. The first-order valence-corrected chi connectivity index (χ1v) is 11.6. The van der Waals surface area contributed by atoms with E-state index >= 15 is 0 Å². The van der Waals surface area contributed by atoms with Crippen molar-refractivity contribution in [3.8, 4) is 0 Å². The van der Waals surface area contributed by atoms with Crippen molar-refractivity contribution in [2.75, 3.05) is 25.4 Å². The van der Waals surface area contributed by atoms with Crippen LogP contribution in [0.5, 0.6) is 0 Å². The molecule has 7 heteroatoms. The summed E-state index contributed by atoms with van der Waals surface area (Å²) in [5.41, 5.74) is 4.85. The Morgan fingerprint density at radius 3 is 2.70 bits per heavy atom. The Morgan fingerprint density at radius 1 is 1.13 bits per heavy atom. The van der Waals surface area contributed by atoms with E-state index in [4.69, 9.17) is 0 Å². The molecule has 2 aromatic carbocycles. The van der Waals surface area contributed by atoms with Gasteiger partial charge in [0.25, 0.3) is 0 Å². The predicted octanol–water partition coefficient (Wildman–Crippen LogP) is 4.14. The number of H-pyrrole nitrogens is 1. The first-order valence-electron chi connectivity index (χ1n) is 10.1. The van der Waals surface area contributed by atoms with Crippen LogP contribution in [0.4, 0.5) is 0 Å². The molecule has 0 aliphatic heterocycles. The van der Waals surface area contributed by atoms with Crippen LogP contribution in [0.25, 0.3) is 10.9 Å². The van der Waals surface area contributed by atoms with Crippen molar-refractivity contribution in [2.24, 2.45) is 4.99 Å². The molecule has 5 nitrogen and oxygen atoms in total. The number of nitrogens with one attached hydrogen (secondary N) is 3. The Kier molecular flexibility index (Phi) is 10.4. The Hall–Kier alpha value is -1.87. The number of benzene rings is 2. The minimum Gasteiger partial charge on any atom is -0.361 e. The average Bonchev–Trinajstić information content (AvgIpc) is 3.10. The maximum atomic E-state index is 12.3. The standard InChI is InChI=1S/C23H30N4OS.HI/c1-3-24-23(26-13-14-29(28)17-19-7-5-4-6-8-19)25-12-11-20-16-27-22-15-18(2)9-10-21(20)22;/h4-10,15-16,27H,3,11-14,17H2,1-2H3,(H2,24,25,26);1H. The molecule has 1 heterocycles. The van der Waals surface area contributed by atoms with Gasteiger partial charge in [0.2, 0.25) is 0 Å². The smallest absolute Gasteiger partial charge is 0.191 e. The Balaban J connectivity index is 0.00000320. The van der Waals surface area contributed by atoms with Crippen molar-refractivity contribution < 1.29 is 4.21 Å². The van der Waals surface area contributed by atoms with E-state index in [1.165, 1.54) is 22.0 Å². The Morgan fingerprint density at radius 2 is 1.93 bits per heavy atom. The van der Waals surface area contributed by atoms with Gasteiger partial charge in [0.15, 0.2) is 5.96 Å². The molecule has 3 N–H and O–H groups in total. The number of hydrogen-bond donors (Lipinski definition) is 3. The molecule has 3 rings (SSSR count). The second-order valence-electron chi connectivity index (χ2n) is 7.07. The fourth-order valence-electron chi connectivity index (χ4n) is 3.26. The highest BCUT2D eigenvalue weighted by Gasteiger charge is 2.05. The zero-order valence-corrected chi connectivity index (χ0v) is 20.8. The molecular formula is C23H31IN4OS. The van der Waals surface area contributed by atoms with Gasteiger partial charge >= 0.3 is 0 Å². The second kappa shape index (κ2) is 12.7. The first kappa shape index (κ1) is 24.4. The topological polar surface area (TPSA) is 69.3 Å². The summed E-state index contributed by atoms with van der Waals surface area (Å²) in [5, 5.41) is 7.92. The highest BCUT2D eigenvalue weighted by molar-refractivity contribution is 14.0. The van der Waals surface area contributed by atoms with Crippen molar-refractivity contribution in [1.82, 2.24) is 15.6 Å². The van der Waals surface area contributed by atoms with Crippen LogP contribution in [0, 0.1) is 6.92 Å². The summed E-state index contributed by atoms with van der Waals surface area (Å²) in [6.07, 6.45) is 3.00. The number of hydrogen-bond acceptors (Lipinski definition) is 2. The van der Waals surface area contributed by atoms with Crippen molar-refractivity contribution in [1.29, 1.82) is 0 Å². The Labute approximate surface area is 198 Å². The van der Waals surface area contributed by atoms with Crippen LogP contribution in [-0.2, 0) is 23.0 Å². The van der Waals surface area contributed by atoms with Crippen LogP contribution in [0.15, 0.2) is 59.7 Å². The van der Waals surface area contributed by atoms with Crippen LogP contribution in [0.3, 0.4) is 0 Å². The summed E-state index contributed by atoms with van der Waals surface area (Å²) in [7, 11) is -0.906. The van der Waals surface area contributed by atoms with Gasteiger partial charge in [0.1, 0.15) is 0 Å². The summed E-state index contributed by atoms with van der Waals surface area (Å²) in [6.45, 7) is 6.28. The molecule has 0 amide bonds. The number of aryl methyl sites for hydroxylation is 1. The van der Waals surface area contributed by atoms with Gasteiger partial charge in [0.05, 0.1) is 6.54 Å². The molecule has 0 aliphatic carbocycles. The van der Waals surface area contributed by atoms with Crippen LogP contribution < -0.4 is 10.6 Å². The van der Waals surface area contributed by atoms with E-state index in [0.29, 0.717) is 18.1 Å². The highest BCUT2D eigenvalue weighted by Crippen LogP contribution is 2.19. The molecule has 1 unspecified atom stereocenters. The third-order valence-electron chi connectivity index (χ3n) is 4.71. The minimum atomic E-state index is -0.906. The molecule has 0 bridgehead atoms. The van der Waals surface area contributed by atoms with Crippen LogP contribution >= 0.6 is 24.0 Å². The molecule has 0 saturated carbocycles. The molecule has 30 heavy (non-hydrogen) atoms. The average molecular weight is 538 g/mol. The summed E-state index contributed by atoms with van der Waals surface area (Å²) in [4.78, 5) is 7.93. The summed E-state index contributed by atoms with van der Waals surface area (Å²) >= 11 is 0. The second-order valence-corrected chi connectivity index (χ2v) is 8.65. The molecular weight excluding hydrogens is 507 g/mol. The number of nitrogens with zero attached hydrogens (tertiary/aromatic N) is 1. The highest BCUT2D eigenvalue weighted by atomic mass is 127. The van der Waals surface area contributed by atoms with Gasteiger partial charge in [-0.05, 0) is 43.0 Å². The van der Waals surface area contributed by atoms with Gasteiger partial charge in [-0.1, -0.05) is 42.5 Å². The third kappa shape index (κ3) is 7.43. The van der Waals surface area contributed by atoms with E-state index in [1.54, 1.807) is 0 Å². The molecule has 162 valence electrons. The summed E-state index contributed by atoms with van der Waals surface area (Å²) < 4.78 is 12.3. The SMILES string of the molecule is CCNC(=NCCS(=O)Cc1ccccc1)NCCc1c[nH]c2cc(C)ccc12.I. The molecule has 0 aliphatic rings. The summed E-state index contributed by atoms with van der Waals surface area (Å²) in [5.74, 6) is 1.92. The van der Waals surface area contributed by atoms with E-state index in [2.05, 4.69) is 51.9 Å². The Bertz CT molecular complexity index is 972. The number of aromatic amines is 1. The predicted molar refractivity (Wildman–Crippen MR) is 139 cm³/mol. The molecule has 0 saturated heterocycles. The minimum absolute atomic E-state index is 0. The van der Waals surface area contributed by atoms with Gasteiger partial charge in [0, 0.05) is 52.5 Å². The van der Waals surface area contributed by atoms with Gasteiger partial charge in [-0.15, -0.1) is 24.0 Å². The van der Waals surface area contributed by atoms with E-state index < -0.39 is 10.8 Å². The monoisotopic (exact) mass is 538 g/mol. The zero-order valence-electron chi connectivity index (χ0n) is 17.6. The maximum absolute atomic E-state index is 12.3. The lowest BCUT2D eigenvalue weighted by Crippen LogP contribution is -2.38. The molecule has 1 atom stereocenters. The number of aliphatic imine (C=N–C) groups is 1. The molecule has 3 aromatic rings. The summed E-state index contributed by atoms with van der Waals surface area (Å²) in [6, 6.07) is 16.5. The van der Waals surface area contributed by atoms with Crippen molar-refractivity contribution in [3.05, 3.63) is 71.4 Å². The van der Waals surface area contributed by atoms with Crippen LogP contribution in [0.2, 0.25) is 0 Å². The largest absolute Gasteiger partial charge is 0.361 e. The zero-order chi connectivity index (χ0) is 20.5. The van der Waals surface area contributed by atoms with Crippen molar-refractivity contribution in [2.45, 2.75) is 26.0 Å². The van der Waals surface area contributed by atoms with E-state index in [-0.39, 0.29) is 24.0 Å². The molecule has 0 fully saturated rings. The van der Waals surface area contributed by atoms with Crippen molar-refractivity contribution in [3.63, 3.8) is 0 Å². The molecule has 1 aromatic heterocycles. The molecule has 0 radical (unpaired) electrons. The normalized spacial score (nSPS) is 12.4. The maximum Gasteiger partial charge on any atom is 0.191 e. The van der Waals surface area contributed by atoms with E-state index in [0.717, 1.165) is 31.0 Å². The van der Waals surface area contributed by atoms with Gasteiger partial charge in [-0.2, -0.15) is 0 Å². The first-order chi connectivity index (χ1) is 14.2. The lowest BCUT2D eigenvalue weighted by atomic mass is 10.1. The van der Waals surface area contributed by atoms with Gasteiger partial charge in [-0.3, -0.25) is 9.20 Å². The van der Waals surface area contributed by atoms with Gasteiger partial charge in [-0.25, -0.2) is 0 Å². The number of rotatable bonds is 9. The molecule has 0 spiro atoms. The fraction of sp³-hybridized carbons (Fsp3) is 0.348. The number of halogens is 1. The number of guanidine groups is 1. The van der Waals surface area contributed by atoms with E-state index in [9.17, 15) is 4.21 Å². The lowest BCUT2D eigenvalue weighted by molar-refractivity contribution is 0.682. The van der Waals surface area contributed by atoms with Crippen LogP contribution in [0.1, 0.15) is 23.6 Å². The van der Waals surface area contributed by atoms with E-state index in [1.807, 2.05) is 37.3 Å².